The summed E-state index contributed by atoms with van der Waals surface area (Å²) in [5.74, 6) is 0.932. The van der Waals surface area contributed by atoms with Crippen LogP contribution in [0.2, 0.25) is 0 Å². The van der Waals surface area contributed by atoms with Crippen LogP contribution in [0.4, 0.5) is 5.82 Å². The normalized spacial score (nSPS) is 17.7. The number of hydrogen-bond donors (Lipinski definition) is 1. The number of ether oxygens (including phenoxy) is 1. The summed E-state index contributed by atoms with van der Waals surface area (Å²) in [4.78, 5) is 4.29. The second-order valence-electron chi connectivity index (χ2n) is 4.69. The van der Waals surface area contributed by atoms with Gasteiger partial charge in [0.05, 0.1) is 12.7 Å². The van der Waals surface area contributed by atoms with Crippen LogP contribution in [-0.4, -0.2) is 18.1 Å². The lowest BCUT2D eigenvalue weighted by Crippen LogP contribution is -2.12. The van der Waals surface area contributed by atoms with Crippen molar-refractivity contribution in [2.75, 3.05) is 12.4 Å². The molecule has 94 valence electrons. The maximum atomic E-state index is 6.01. The van der Waals surface area contributed by atoms with Gasteiger partial charge in [-0.25, -0.2) is 4.98 Å². The molecular weight excluding hydrogens is 212 g/mol. The second-order valence-corrected chi connectivity index (χ2v) is 4.69. The van der Waals surface area contributed by atoms with Crippen molar-refractivity contribution in [3.05, 3.63) is 23.9 Å². The molecule has 0 spiro atoms. The van der Waals surface area contributed by atoms with Crippen LogP contribution in [0.15, 0.2) is 18.3 Å². The smallest absolute Gasteiger partial charge is 0.131 e. The SMILES string of the molecule is CNc1ncccc1COC1CCCCCC1. The number of aromatic nitrogens is 1. The number of rotatable bonds is 4. The first-order valence-corrected chi connectivity index (χ1v) is 6.63. The van der Waals surface area contributed by atoms with Gasteiger partial charge in [-0.3, -0.25) is 0 Å². The molecule has 1 heterocycles. The van der Waals surface area contributed by atoms with E-state index in [-0.39, 0.29) is 0 Å². The van der Waals surface area contributed by atoms with Crippen molar-refractivity contribution in [2.45, 2.75) is 51.2 Å². The monoisotopic (exact) mass is 234 g/mol. The first-order valence-electron chi connectivity index (χ1n) is 6.63. The van der Waals surface area contributed by atoms with Gasteiger partial charge in [-0.1, -0.05) is 31.7 Å². The Kier molecular flexibility index (Phi) is 4.80. The van der Waals surface area contributed by atoms with E-state index < -0.39 is 0 Å². The van der Waals surface area contributed by atoms with Gasteiger partial charge in [-0.2, -0.15) is 0 Å². The summed E-state index contributed by atoms with van der Waals surface area (Å²) in [5, 5.41) is 3.10. The third-order valence-electron chi connectivity index (χ3n) is 3.40. The average Bonchev–Trinajstić information content (AvgIpc) is 2.65. The summed E-state index contributed by atoms with van der Waals surface area (Å²) in [6, 6.07) is 4.04. The van der Waals surface area contributed by atoms with Crippen LogP contribution >= 0.6 is 0 Å². The van der Waals surface area contributed by atoms with Crippen molar-refractivity contribution >= 4 is 5.82 Å². The molecule has 0 amide bonds. The molecule has 0 aliphatic heterocycles. The Labute approximate surface area is 104 Å². The highest BCUT2D eigenvalue weighted by molar-refractivity contribution is 5.42. The van der Waals surface area contributed by atoms with Crippen molar-refractivity contribution in [3.63, 3.8) is 0 Å². The van der Waals surface area contributed by atoms with Gasteiger partial charge in [0, 0.05) is 18.8 Å². The summed E-state index contributed by atoms with van der Waals surface area (Å²) in [6.45, 7) is 0.675. The largest absolute Gasteiger partial charge is 0.373 e. The predicted octanol–water partition coefficient (Wildman–Crippen LogP) is 3.36. The summed E-state index contributed by atoms with van der Waals surface area (Å²) < 4.78 is 6.01. The van der Waals surface area contributed by atoms with Crippen LogP contribution < -0.4 is 5.32 Å². The molecule has 0 aromatic carbocycles. The molecule has 3 heteroatoms. The van der Waals surface area contributed by atoms with E-state index in [0.717, 1.165) is 11.4 Å². The third kappa shape index (κ3) is 3.70. The van der Waals surface area contributed by atoms with Crippen LogP contribution in [0.3, 0.4) is 0 Å². The van der Waals surface area contributed by atoms with Crippen molar-refractivity contribution in [2.24, 2.45) is 0 Å². The van der Waals surface area contributed by atoms with E-state index >= 15 is 0 Å². The molecule has 17 heavy (non-hydrogen) atoms. The summed E-state index contributed by atoms with van der Waals surface area (Å²) in [7, 11) is 1.90. The maximum Gasteiger partial charge on any atom is 0.131 e. The topological polar surface area (TPSA) is 34.2 Å². The van der Waals surface area contributed by atoms with Crippen LogP contribution in [0.25, 0.3) is 0 Å². The quantitative estimate of drug-likeness (QED) is 0.811. The summed E-state index contributed by atoms with van der Waals surface area (Å²) in [5.41, 5.74) is 1.15. The number of nitrogens with one attached hydrogen (secondary N) is 1. The highest BCUT2D eigenvalue weighted by atomic mass is 16.5. The molecule has 1 saturated carbocycles. The van der Waals surface area contributed by atoms with Crippen LogP contribution in [0.5, 0.6) is 0 Å². The minimum absolute atomic E-state index is 0.447. The molecule has 2 rings (SSSR count). The van der Waals surface area contributed by atoms with Gasteiger partial charge in [-0.15, -0.1) is 0 Å². The zero-order chi connectivity index (χ0) is 11.9. The Morgan fingerprint density at radius 1 is 1.29 bits per heavy atom. The third-order valence-corrected chi connectivity index (χ3v) is 3.40. The number of anilines is 1. The van der Waals surface area contributed by atoms with Crippen molar-refractivity contribution in [3.8, 4) is 0 Å². The first kappa shape index (κ1) is 12.4. The minimum atomic E-state index is 0.447. The molecule has 0 unspecified atom stereocenters. The lowest BCUT2D eigenvalue weighted by atomic mass is 10.1. The Morgan fingerprint density at radius 3 is 2.76 bits per heavy atom. The van der Waals surface area contributed by atoms with Crippen molar-refractivity contribution < 1.29 is 4.74 Å². The van der Waals surface area contributed by atoms with E-state index in [1.54, 1.807) is 6.20 Å². The Bertz CT molecular complexity index is 333. The molecule has 0 bridgehead atoms. The Morgan fingerprint density at radius 2 is 2.06 bits per heavy atom. The van der Waals surface area contributed by atoms with Crippen LogP contribution in [0.1, 0.15) is 44.1 Å². The average molecular weight is 234 g/mol. The fraction of sp³-hybridized carbons (Fsp3) is 0.643. The first-order chi connectivity index (χ1) is 8.40. The van der Waals surface area contributed by atoms with E-state index in [0.29, 0.717) is 12.7 Å². The van der Waals surface area contributed by atoms with Gasteiger partial charge in [0.25, 0.3) is 0 Å². The zero-order valence-corrected chi connectivity index (χ0v) is 10.6. The van der Waals surface area contributed by atoms with E-state index in [4.69, 9.17) is 4.74 Å². The molecule has 0 radical (unpaired) electrons. The van der Waals surface area contributed by atoms with Gasteiger partial charge in [-0.05, 0) is 18.9 Å². The fourth-order valence-electron chi connectivity index (χ4n) is 2.40. The fourth-order valence-corrected chi connectivity index (χ4v) is 2.40. The molecule has 1 aromatic heterocycles. The van der Waals surface area contributed by atoms with Crippen LogP contribution in [0, 0.1) is 0 Å². The molecule has 0 atom stereocenters. The Hall–Kier alpha value is -1.09. The van der Waals surface area contributed by atoms with E-state index in [1.807, 2.05) is 13.1 Å². The second kappa shape index (κ2) is 6.60. The van der Waals surface area contributed by atoms with E-state index in [1.165, 1.54) is 38.5 Å². The highest BCUT2D eigenvalue weighted by Crippen LogP contribution is 2.22. The Balaban J connectivity index is 1.87. The number of nitrogens with zero attached hydrogens (tertiary/aromatic N) is 1. The molecule has 1 N–H and O–H groups in total. The minimum Gasteiger partial charge on any atom is -0.373 e. The van der Waals surface area contributed by atoms with Crippen LogP contribution in [-0.2, 0) is 11.3 Å². The number of hydrogen-bond acceptors (Lipinski definition) is 3. The predicted molar refractivity (Wildman–Crippen MR) is 70.1 cm³/mol. The molecule has 1 aliphatic rings. The van der Waals surface area contributed by atoms with Gasteiger partial charge in [0.2, 0.25) is 0 Å². The van der Waals surface area contributed by atoms with Gasteiger partial charge >= 0.3 is 0 Å². The lowest BCUT2D eigenvalue weighted by molar-refractivity contribution is 0.0311. The maximum absolute atomic E-state index is 6.01. The summed E-state index contributed by atoms with van der Waals surface area (Å²) in [6.07, 6.45) is 10.1. The van der Waals surface area contributed by atoms with Gasteiger partial charge in [0.15, 0.2) is 0 Å². The molecule has 0 saturated heterocycles. The molecule has 1 aliphatic carbocycles. The van der Waals surface area contributed by atoms with Crippen molar-refractivity contribution in [1.82, 2.24) is 4.98 Å². The van der Waals surface area contributed by atoms with Crippen molar-refractivity contribution in [1.29, 1.82) is 0 Å². The number of pyridine rings is 1. The molecule has 1 fully saturated rings. The molecular formula is C14H22N2O. The lowest BCUT2D eigenvalue weighted by Gasteiger charge is -2.16. The van der Waals surface area contributed by atoms with E-state index in [2.05, 4.69) is 16.4 Å². The standard InChI is InChI=1S/C14H22N2O/c1-15-14-12(7-6-10-16-14)11-17-13-8-4-2-3-5-9-13/h6-7,10,13H,2-5,8-9,11H2,1H3,(H,15,16). The molecule has 1 aromatic rings. The zero-order valence-electron chi connectivity index (χ0n) is 10.6. The van der Waals surface area contributed by atoms with Gasteiger partial charge < -0.3 is 10.1 Å². The molecule has 3 nitrogen and oxygen atoms in total. The highest BCUT2D eigenvalue weighted by Gasteiger charge is 2.13. The van der Waals surface area contributed by atoms with E-state index in [9.17, 15) is 0 Å². The van der Waals surface area contributed by atoms with Gasteiger partial charge in [0.1, 0.15) is 5.82 Å². The summed E-state index contributed by atoms with van der Waals surface area (Å²) >= 11 is 0.